The highest BCUT2D eigenvalue weighted by molar-refractivity contribution is 6.32. The SMILES string of the molecule is CN(Cc1ccco1)C(=O)COc1ccccc1Cl. The molecule has 0 unspecified atom stereocenters. The Morgan fingerprint density at radius 2 is 2.11 bits per heavy atom. The highest BCUT2D eigenvalue weighted by Crippen LogP contribution is 2.22. The van der Waals surface area contributed by atoms with Gasteiger partial charge in [-0.25, -0.2) is 0 Å². The van der Waals surface area contributed by atoms with Crippen LogP contribution < -0.4 is 4.74 Å². The van der Waals surface area contributed by atoms with Crippen LogP contribution in [-0.4, -0.2) is 24.5 Å². The van der Waals surface area contributed by atoms with Crippen LogP contribution in [0.25, 0.3) is 0 Å². The maximum absolute atomic E-state index is 11.9. The Balaban J connectivity index is 1.86. The second-order valence-electron chi connectivity index (χ2n) is 4.05. The predicted molar refractivity (Wildman–Crippen MR) is 72.1 cm³/mol. The van der Waals surface area contributed by atoms with Crippen molar-refractivity contribution in [2.24, 2.45) is 0 Å². The van der Waals surface area contributed by atoms with Crippen molar-refractivity contribution < 1.29 is 13.9 Å². The Morgan fingerprint density at radius 3 is 2.79 bits per heavy atom. The third-order valence-corrected chi connectivity index (χ3v) is 2.90. The number of carbonyl (C=O) groups excluding carboxylic acids is 1. The summed E-state index contributed by atoms with van der Waals surface area (Å²) in [5.74, 6) is 1.09. The molecule has 0 saturated heterocycles. The maximum atomic E-state index is 11.9. The van der Waals surface area contributed by atoms with Gasteiger partial charge in [0.15, 0.2) is 6.61 Å². The zero-order valence-electron chi connectivity index (χ0n) is 10.5. The summed E-state index contributed by atoms with van der Waals surface area (Å²) in [5, 5.41) is 0.490. The number of rotatable bonds is 5. The van der Waals surface area contributed by atoms with Crippen molar-refractivity contribution in [3.05, 3.63) is 53.4 Å². The number of furan rings is 1. The second-order valence-corrected chi connectivity index (χ2v) is 4.46. The number of likely N-dealkylation sites (N-methyl/N-ethyl adjacent to an activating group) is 1. The predicted octanol–water partition coefficient (Wildman–Crippen LogP) is 2.97. The van der Waals surface area contributed by atoms with E-state index in [1.807, 2.05) is 6.07 Å². The Morgan fingerprint density at radius 1 is 1.32 bits per heavy atom. The minimum atomic E-state index is -0.142. The largest absolute Gasteiger partial charge is 0.482 e. The summed E-state index contributed by atoms with van der Waals surface area (Å²) in [5.41, 5.74) is 0. The molecule has 2 rings (SSSR count). The molecule has 2 aromatic rings. The van der Waals surface area contributed by atoms with E-state index in [9.17, 15) is 4.79 Å². The average Bonchev–Trinajstić information content (AvgIpc) is 2.90. The summed E-state index contributed by atoms with van der Waals surface area (Å²) >= 11 is 5.94. The molecule has 5 heteroatoms. The van der Waals surface area contributed by atoms with Crippen LogP contribution >= 0.6 is 11.6 Å². The first-order chi connectivity index (χ1) is 9.16. The number of amides is 1. The first-order valence-corrected chi connectivity index (χ1v) is 6.18. The fourth-order valence-corrected chi connectivity index (χ4v) is 1.73. The van der Waals surface area contributed by atoms with Crippen molar-refractivity contribution in [3.8, 4) is 5.75 Å². The summed E-state index contributed by atoms with van der Waals surface area (Å²) in [6.07, 6.45) is 1.58. The highest BCUT2D eigenvalue weighted by Gasteiger charge is 2.12. The minimum Gasteiger partial charge on any atom is -0.482 e. The molecule has 0 radical (unpaired) electrons. The zero-order chi connectivity index (χ0) is 13.7. The number of nitrogens with zero attached hydrogens (tertiary/aromatic N) is 1. The molecular formula is C14H14ClNO3. The Labute approximate surface area is 116 Å². The summed E-state index contributed by atoms with van der Waals surface area (Å²) in [6, 6.07) is 10.7. The van der Waals surface area contributed by atoms with Crippen molar-refractivity contribution in [2.75, 3.05) is 13.7 Å². The smallest absolute Gasteiger partial charge is 0.260 e. The first-order valence-electron chi connectivity index (χ1n) is 5.80. The second kappa shape index (κ2) is 6.29. The molecule has 0 atom stereocenters. The maximum Gasteiger partial charge on any atom is 0.260 e. The topological polar surface area (TPSA) is 42.7 Å². The molecule has 4 nitrogen and oxygen atoms in total. The Bertz CT molecular complexity index is 539. The van der Waals surface area contributed by atoms with Crippen molar-refractivity contribution in [1.82, 2.24) is 4.90 Å². The third kappa shape index (κ3) is 3.76. The van der Waals surface area contributed by atoms with Crippen LogP contribution in [0.5, 0.6) is 5.75 Å². The Hall–Kier alpha value is -1.94. The third-order valence-electron chi connectivity index (χ3n) is 2.59. The van der Waals surface area contributed by atoms with E-state index >= 15 is 0 Å². The fraction of sp³-hybridized carbons (Fsp3) is 0.214. The molecular weight excluding hydrogens is 266 g/mol. The van der Waals surface area contributed by atoms with E-state index in [1.54, 1.807) is 43.6 Å². The zero-order valence-corrected chi connectivity index (χ0v) is 11.3. The van der Waals surface area contributed by atoms with Crippen molar-refractivity contribution in [3.63, 3.8) is 0 Å². The van der Waals surface area contributed by atoms with Crippen LogP contribution in [0.4, 0.5) is 0 Å². The van der Waals surface area contributed by atoms with E-state index < -0.39 is 0 Å². The normalized spacial score (nSPS) is 10.2. The molecule has 1 aromatic carbocycles. The fourth-order valence-electron chi connectivity index (χ4n) is 1.54. The molecule has 0 N–H and O–H groups in total. The number of hydrogen-bond acceptors (Lipinski definition) is 3. The van der Waals surface area contributed by atoms with Gasteiger partial charge in [-0.3, -0.25) is 4.79 Å². The van der Waals surface area contributed by atoms with Crippen molar-refractivity contribution in [2.45, 2.75) is 6.54 Å². The number of halogens is 1. The van der Waals surface area contributed by atoms with Crippen LogP contribution in [-0.2, 0) is 11.3 Å². The number of para-hydroxylation sites is 1. The van der Waals surface area contributed by atoms with Crippen LogP contribution in [0.1, 0.15) is 5.76 Å². The van der Waals surface area contributed by atoms with Crippen molar-refractivity contribution in [1.29, 1.82) is 0 Å². The van der Waals surface area contributed by atoms with Gasteiger partial charge in [-0.15, -0.1) is 0 Å². The van der Waals surface area contributed by atoms with E-state index in [0.717, 1.165) is 5.76 Å². The lowest BCUT2D eigenvalue weighted by atomic mass is 10.3. The van der Waals surface area contributed by atoms with Gasteiger partial charge in [0.25, 0.3) is 5.91 Å². The molecule has 1 heterocycles. The van der Waals surface area contributed by atoms with E-state index in [2.05, 4.69) is 0 Å². The van der Waals surface area contributed by atoms with Gasteiger partial charge in [-0.05, 0) is 24.3 Å². The Kier molecular flexibility index (Phi) is 4.47. The highest BCUT2D eigenvalue weighted by atomic mass is 35.5. The van der Waals surface area contributed by atoms with E-state index in [-0.39, 0.29) is 12.5 Å². The van der Waals surface area contributed by atoms with Gasteiger partial charge in [-0.2, -0.15) is 0 Å². The van der Waals surface area contributed by atoms with Gasteiger partial charge in [0.2, 0.25) is 0 Å². The molecule has 0 aliphatic heterocycles. The molecule has 1 aromatic heterocycles. The van der Waals surface area contributed by atoms with E-state index in [0.29, 0.717) is 17.3 Å². The van der Waals surface area contributed by atoms with Crippen LogP contribution in [0, 0.1) is 0 Å². The van der Waals surface area contributed by atoms with Crippen LogP contribution in [0.3, 0.4) is 0 Å². The van der Waals surface area contributed by atoms with Crippen LogP contribution in [0.2, 0.25) is 5.02 Å². The molecule has 0 aliphatic carbocycles. The van der Waals surface area contributed by atoms with E-state index in [4.69, 9.17) is 20.8 Å². The minimum absolute atomic E-state index is 0.0546. The average molecular weight is 280 g/mol. The van der Waals surface area contributed by atoms with Gasteiger partial charge >= 0.3 is 0 Å². The number of carbonyl (C=O) groups is 1. The molecule has 100 valence electrons. The van der Waals surface area contributed by atoms with Gasteiger partial charge in [0.05, 0.1) is 17.8 Å². The van der Waals surface area contributed by atoms with Crippen molar-refractivity contribution >= 4 is 17.5 Å². The summed E-state index contributed by atoms with van der Waals surface area (Å²) in [6.45, 7) is 0.360. The number of ether oxygens (including phenoxy) is 1. The quantitative estimate of drug-likeness (QED) is 0.845. The summed E-state index contributed by atoms with van der Waals surface area (Å²) in [4.78, 5) is 13.4. The van der Waals surface area contributed by atoms with Crippen LogP contribution in [0.15, 0.2) is 47.1 Å². The number of benzene rings is 1. The molecule has 0 fully saturated rings. The van der Waals surface area contributed by atoms with Gasteiger partial charge in [-0.1, -0.05) is 23.7 Å². The van der Waals surface area contributed by atoms with Gasteiger partial charge in [0, 0.05) is 7.05 Å². The van der Waals surface area contributed by atoms with Gasteiger partial charge in [0.1, 0.15) is 11.5 Å². The molecule has 0 bridgehead atoms. The van der Waals surface area contributed by atoms with E-state index in [1.165, 1.54) is 4.90 Å². The first kappa shape index (κ1) is 13.5. The summed E-state index contributed by atoms with van der Waals surface area (Å²) < 4.78 is 10.6. The lowest BCUT2D eigenvalue weighted by molar-refractivity contribution is -0.132. The lowest BCUT2D eigenvalue weighted by Gasteiger charge is -2.16. The monoisotopic (exact) mass is 279 g/mol. The molecule has 0 saturated carbocycles. The van der Waals surface area contributed by atoms with Gasteiger partial charge < -0.3 is 14.1 Å². The standard InChI is InChI=1S/C14H14ClNO3/c1-16(9-11-5-4-8-18-11)14(17)10-19-13-7-3-2-6-12(13)15/h2-8H,9-10H2,1H3. The molecule has 19 heavy (non-hydrogen) atoms. The summed E-state index contributed by atoms with van der Waals surface area (Å²) in [7, 11) is 1.70. The molecule has 0 aliphatic rings. The molecule has 0 spiro atoms. The molecule has 1 amide bonds. The lowest BCUT2D eigenvalue weighted by Crippen LogP contribution is -2.30. The number of hydrogen-bond donors (Lipinski definition) is 0.